The zero-order valence-corrected chi connectivity index (χ0v) is 34.4. The van der Waals surface area contributed by atoms with Crippen LogP contribution >= 0.6 is 11.3 Å². The summed E-state index contributed by atoms with van der Waals surface area (Å²) in [7, 11) is 0. The highest BCUT2D eigenvalue weighted by atomic mass is 32.1. The average Bonchev–Trinajstić information content (AvgIpc) is 3.88. The second-order valence-electron chi connectivity index (χ2n) is 15.9. The normalized spacial score (nSPS) is 12.6. The van der Waals surface area contributed by atoms with Gasteiger partial charge in [-0.25, -0.2) is 15.0 Å². The smallest absolute Gasteiger partial charge is 0.164 e. The Balaban J connectivity index is 0.991. The van der Waals surface area contributed by atoms with Gasteiger partial charge in [0.1, 0.15) is 0 Å². The summed E-state index contributed by atoms with van der Waals surface area (Å²) in [5.41, 5.74) is 14.8. The van der Waals surface area contributed by atoms with Crippen LogP contribution in [0.4, 0.5) is 0 Å². The lowest BCUT2D eigenvalue weighted by Crippen LogP contribution is -2.28. The first-order chi connectivity index (χ1) is 30.7. The van der Waals surface area contributed by atoms with Crippen molar-refractivity contribution in [1.29, 1.82) is 0 Å². The van der Waals surface area contributed by atoms with E-state index in [4.69, 9.17) is 15.0 Å². The first-order valence-electron chi connectivity index (χ1n) is 21.0. The minimum atomic E-state index is -0.459. The monoisotopic (exact) mass is 807 g/mol. The quantitative estimate of drug-likeness (QED) is 0.161. The highest BCUT2D eigenvalue weighted by molar-refractivity contribution is 7.26. The van der Waals surface area contributed by atoms with E-state index in [0.717, 1.165) is 27.8 Å². The van der Waals surface area contributed by atoms with Crippen molar-refractivity contribution in [3.05, 3.63) is 247 Å². The van der Waals surface area contributed by atoms with Gasteiger partial charge in [-0.05, 0) is 86.0 Å². The fourth-order valence-electron chi connectivity index (χ4n) is 9.65. The van der Waals surface area contributed by atoms with Crippen LogP contribution in [0, 0.1) is 0 Å². The van der Waals surface area contributed by atoms with E-state index < -0.39 is 5.41 Å². The summed E-state index contributed by atoms with van der Waals surface area (Å²) in [6, 6.07) is 80.7. The van der Waals surface area contributed by atoms with Gasteiger partial charge in [-0.2, -0.15) is 0 Å². The Labute approximate surface area is 364 Å². The molecule has 0 aliphatic heterocycles. The van der Waals surface area contributed by atoms with E-state index in [1.807, 2.05) is 72.0 Å². The lowest BCUT2D eigenvalue weighted by molar-refractivity contribution is 0.770. The van der Waals surface area contributed by atoms with E-state index in [1.54, 1.807) is 0 Å². The van der Waals surface area contributed by atoms with Crippen LogP contribution in [-0.4, -0.2) is 15.0 Å². The number of hydrogen-bond donors (Lipinski definition) is 0. The summed E-state index contributed by atoms with van der Waals surface area (Å²) in [4.78, 5) is 15.0. The Bertz CT molecular complexity index is 3360. The maximum Gasteiger partial charge on any atom is 0.164 e. The molecule has 2 aromatic heterocycles. The molecular weight excluding hydrogens is 771 g/mol. The molecule has 3 nitrogen and oxygen atoms in total. The molecule has 0 unspecified atom stereocenters. The third-order valence-electron chi connectivity index (χ3n) is 12.4. The maximum absolute atomic E-state index is 5.02. The molecule has 0 radical (unpaired) electrons. The molecule has 0 atom stereocenters. The lowest BCUT2D eigenvalue weighted by Gasteiger charge is -2.34. The molecule has 0 N–H and O–H groups in total. The van der Waals surface area contributed by atoms with Gasteiger partial charge in [0.25, 0.3) is 0 Å². The SMILES string of the molecule is c1ccc(-c2nc(-c3ccccc3)nc(-c3cccc(-c4cccc(-c5cccc6sc7ccc(C8(c9ccccc9)c9ccccc9-c9ccccc98)cc7c56)c4)c3)n2)cc1. The Hall–Kier alpha value is -7.79. The number of benzene rings is 9. The van der Waals surface area contributed by atoms with E-state index >= 15 is 0 Å². The van der Waals surface area contributed by atoms with Crippen molar-refractivity contribution >= 4 is 31.5 Å². The molecule has 0 saturated heterocycles. The molecule has 0 spiro atoms. The minimum absolute atomic E-state index is 0.459. The van der Waals surface area contributed by atoms with Crippen LogP contribution in [0.15, 0.2) is 224 Å². The second-order valence-corrected chi connectivity index (χ2v) is 17.0. The lowest BCUT2D eigenvalue weighted by atomic mass is 9.67. The van der Waals surface area contributed by atoms with Gasteiger partial charge < -0.3 is 0 Å². The molecule has 12 rings (SSSR count). The standard InChI is InChI=1S/C58H37N3S/c1-4-17-38(18-5-1)55-59-56(39-19-6-2-7-20-39)61-57(60-55)43-24-15-22-41(36-43)40-21-14-23-42(35-40)46-29-16-32-53-54(46)49-37-45(33-34-52(49)62-53)58(44-25-8-3-9-26-44)50-30-12-10-27-47(50)48-28-11-13-31-51(48)58/h1-37H. The number of thiophene rings is 1. The molecule has 11 aromatic rings. The van der Waals surface area contributed by atoms with Crippen LogP contribution in [0.25, 0.3) is 87.7 Å². The fourth-order valence-corrected chi connectivity index (χ4v) is 10.8. The van der Waals surface area contributed by atoms with Crippen molar-refractivity contribution in [2.24, 2.45) is 0 Å². The van der Waals surface area contributed by atoms with Gasteiger partial charge in [-0.1, -0.05) is 194 Å². The van der Waals surface area contributed by atoms with Crippen LogP contribution in [0.5, 0.6) is 0 Å². The largest absolute Gasteiger partial charge is 0.208 e. The Morgan fingerprint density at radius 2 is 0.774 bits per heavy atom. The molecule has 2 heterocycles. The minimum Gasteiger partial charge on any atom is -0.208 e. The van der Waals surface area contributed by atoms with Crippen LogP contribution in [0.3, 0.4) is 0 Å². The maximum atomic E-state index is 5.02. The van der Waals surface area contributed by atoms with Crippen molar-refractivity contribution < 1.29 is 0 Å². The van der Waals surface area contributed by atoms with Crippen molar-refractivity contribution in [2.45, 2.75) is 5.41 Å². The zero-order chi connectivity index (χ0) is 41.0. The predicted octanol–water partition coefficient (Wildman–Crippen LogP) is 14.9. The Morgan fingerprint density at radius 1 is 0.306 bits per heavy atom. The van der Waals surface area contributed by atoms with Crippen LogP contribution < -0.4 is 0 Å². The highest BCUT2D eigenvalue weighted by Crippen LogP contribution is 2.57. The molecule has 0 fully saturated rings. The predicted molar refractivity (Wildman–Crippen MR) is 257 cm³/mol. The topological polar surface area (TPSA) is 38.7 Å². The Kier molecular flexibility index (Phi) is 8.58. The first-order valence-corrected chi connectivity index (χ1v) is 21.8. The molecule has 0 bridgehead atoms. The van der Waals surface area contributed by atoms with Gasteiger partial charge in [-0.15, -0.1) is 11.3 Å². The van der Waals surface area contributed by atoms with Gasteiger partial charge in [0.05, 0.1) is 5.41 Å². The molecule has 290 valence electrons. The average molecular weight is 808 g/mol. The second kappa shape index (κ2) is 14.7. The molecule has 1 aliphatic carbocycles. The summed E-state index contributed by atoms with van der Waals surface area (Å²) in [5.74, 6) is 1.94. The van der Waals surface area contributed by atoms with Gasteiger partial charge >= 0.3 is 0 Å². The van der Waals surface area contributed by atoms with Crippen molar-refractivity contribution in [3.63, 3.8) is 0 Å². The van der Waals surface area contributed by atoms with Crippen LogP contribution in [-0.2, 0) is 5.41 Å². The van der Waals surface area contributed by atoms with Crippen LogP contribution in [0.2, 0.25) is 0 Å². The number of rotatable bonds is 7. The van der Waals surface area contributed by atoms with Crippen molar-refractivity contribution in [3.8, 4) is 67.5 Å². The van der Waals surface area contributed by atoms with Crippen LogP contribution in [0.1, 0.15) is 22.3 Å². The van der Waals surface area contributed by atoms with E-state index in [1.165, 1.54) is 64.7 Å². The molecule has 9 aromatic carbocycles. The summed E-state index contributed by atoms with van der Waals surface area (Å²) in [6.07, 6.45) is 0. The summed E-state index contributed by atoms with van der Waals surface area (Å²) in [5, 5.41) is 2.57. The molecule has 62 heavy (non-hydrogen) atoms. The zero-order valence-electron chi connectivity index (χ0n) is 33.6. The van der Waals surface area contributed by atoms with Crippen molar-refractivity contribution in [2.75, 3.05) is 0 Å². The highest BCUT2D eigenvalue weighted by Gasteiger charge is 2.46. The third-order valence-corrected chi connectivity index (χ3v) is 13.6. The van der Waals surface area contributed by atoms with Gasteiger partial charge in [-0.3, -0.25) is 0 Å². The van der Waals surface area contributed by atoms with Gasteiger partial charge in [0, 0.05) is 36.9 Å². The van der Waals surface area contributed by atoms with E-state index in [9.17, 15) is 0 Å². The number of nitrogens with zero attached hydrogens (tertiary/aromatic N) is 3. The number of hydrogen-bond acceptors (Lipinski definition) is 4. The molecule has 1 aliphatic rings. The number of fused-ring (bicyclic) bond motifs is 6. The summed E-state index contributed by atoms with van der Waals surface area (Å²) < 4.78 is 2.56. The van der Waals surface area contributed by atoms with Gasteiger partial charge in [0.2, 0.25) is 0 Å². The molecular formula is C58H37N3S. The van der Waals surface area contributed by atoms with Crippen molar-refractivity contribution in [1.82, 2.24) is 15.0 Å². The molecule has 0 saturated carbocycles. The Morgan fingerprint density at radius 3 is 1.40 bits per heavy atom. The summed E-state index contributed by atoms with van der Waals surface area (Å²) in [6.45, 7) is 0. The fraction of sp³-hybridized carbons (Fsp3) is 0.0172. The van der Waals surface area contributed by atoms with E-state index in [2.05, 4.69) is 164 Å². The third kappa shape index (κ3) is 5.83. The first kappa shape index (κ1) is 36.1. The summed E-state index contributed by atoms with van der Waals surface area (Å²) >= 11 is 1.87. The van der Waals surface area contributed by atoms with Gasteiger partial charge in [0.15, 0.2) is 17.5 Å². The van der Waals surface area contributed by atoms with E-state index in [-0.39, 0.29) is 0 Å². The number of aromatic nitrogens is 3. The van der Waals surface area contributed by atoms with E-state index in [0.29, 0.717) is 17.5 Å². The molecule has 4 heteroatoms. The molecule has 0 amide bonds.